The lowest BCUT2D eigenvalue weighted by Gasteiger charge is -2.41. The normalized spacial score (nSPS) is 25.8. The second-order valence-electron chi connectivity index (χ2n) is 11.5. The van der Waals surface area contributed by atoms with Crippen molar-refractivity contribution in [2.45, 2.75) is 102 Å². The van der Waals surface area contributed by atoms with Gasteiger partial charge >= 0.3 is 0 Å². The van der Waals surface area contributed by atoms with Gasteiger partial charge < -0.3 is 38.8 Å². The summed E-state index contributed by atoms with van der Waals surface area (Å²) in [5, 5.41) is 20.5. The summed E-state index contributed by atoms with van der Waals surface area (Å²) >= 11 is 0. The number of hydrogen-bond donors (Lipinski definition) is 2. The van der Waals surface area contributed by atoms with Crippen molar-refractivity contribution in [1.82, 2.24) is 4.90 Å². The number of benzene rings is 2. The molecule has 1 amide bonds. The molecule has 0 spiro atoms. The van der Waals surface area contributed by atoms with Crippen LogP contribution in [-0.4, -0.2) is 82.4 Å². The molecule has 40 heavy (non-hydrogen) atoms. The molecular weight excluding hydrogens is 514 g/mol. The predicted octanol–water partition coefficient (Wildman–Crippen LogP) is 3.40. The Balaban J connectivity index is 1.74. The van der Waals surface area contributed by atoms with E-state index in [4.69, 9.17) is 23.7 Å². The van der Waals surface area contributed by atoms with Gasteiger partial charge in [-0.1, -0.05) is 60.7 Å². The van der Waals surface area contributed by atoms with Crippen LogP contribution in [-0.2, 0) is 41.6 Å². The highest BCUT2D eigenvalue weighted by Crippen LogP contribution is 2.39. The van der Waals surface area contributed by atoms with Crippen LogP contribution in [0.1, 0.15) is 52.2 Å². The first kappa shape index (κ1) is 30.6. The summed E-state index contributed by atoms with van der Waals surface area (Å²) < 4.78 is 31.6. The summed E-state index contributed by atoms with van der Waals surface area (Å²) in [5.74, 6) is -1.93. The van der Waals surface area contributed by atoms with E-state index >= 15 is 0 Å². The fourth-order valence-corrected chi connectivity index (χ4v) is 5.46. The van der Waals surface area contributed by atoms with Gasteiger partial charge in [0.15, 0.2) is 11.6 Å². The molecule has 6 atom stereocenters. The predicted molar refractivity (Wildman–Crippen MR) is 148 cm³/mol. The van der Waals surface area contributed by atoms with E-state index in [-0.39, 0.29) is 18.9 Å². The van der Waals surface area contributed by atoms with Gasteiger partial charge in [-0.25, -0.2) is 0 Å². The van der Waals surface area contributed by atoms with Gasteiger partial charge in [0.25, 0.3) is 0 Å². The Kier molecular flexibility index (Phi) is 10.00. The number of aliphatic hydroxyl groups is 2. The van der Waals surface area contributed by atoms with Gasteiger partial charge in [0.2, 0.25) is 5.91 Å². The van der Waals surface area contributed by atoms with Crippen LogP contribution in [0, 0.1) is 0 Å². The van der Waals surface area contributed by atoms with Crippen LogP contribution in [0.25, 0.3) is 0 Å². The third-order valence-corrected chi connectivity index (χ3v) is 7.27. The van der Waals surface area contributed by atoms with Crippen LogP contribution in [0.15, 0.2) is 60.7 Å². The van der Waals surface area contributed by atoms with Crippen molar-refractivity contribution >= 4 is 5.91 Å². The Bertz CT molecular complexity index is 1080. The number of rotatable bonds is 12. The van der Waals surface area contributed by atoms with E-state index in [0.29, 0.717) is 13.2 Å². The number of carbonyl (C=O) groups is 1. The van der Waals surface area contributed by atoms with Gasteiger partial charge in [-0.05, 0) is 45.2 Å². The van der Waals surface area contributed by atoms with Crippen LogP contribution in [0.5, 0.6) is 0 Å². The lowest BCUT2D eigenvalue weighted by molar-refractivity contribution is -0.177. The number of carbonyl (C=O) groups excluding carboxylic acids is 1. The zero-order valence-electron chi connectivity index (χ0n) is 24.1. The molecule has 2 N–H and O–H groups in total. The Morgan fingerprint density at radius 3 is 2.15 bits per heavy atom. The van der Waals surface area contributed by atoms with Crippen molar-refractivity contribution in [2.24, 2.45) is 0 Å². The Morgan fingerprint density at radius 2 is 1.60 bits per heavy atom. The van der Waals surface area contributed by atoms with Gasteiger partial charge in [0, 0.05) is 13.5 Å². The van der Waals surface area contributed by atoms with Crippen molar-refractivity contribution in [2.75, 3.05) is 13.2 Å². The maximum absolute atomic E-state index is 13.2. The van der Waals surface area contributed by atoms with E-state index in [1.54, 1.807) is 4.90 Å². The summed E-state index contributed by atoms with van der Waals surface area (Å²) in [6.07, 6.45) is -3.43. The van der Waals surface area contributed by atoms with Crippen molar-refractivity contribution < 1.29 is 38.7 Å². The molecule has 2 aromatic carbocycles. The van der Waals surface area contributed by atoms with E-state index in [1.807, 2.05) is 88.4 Å². The van der Waals surface area contributed by atoms with Crippen LogP contribution in [0.4, 0.5) is 0 Å². The van der Waals surface area contributed by atoms with Crippen molar-refractivity contribution in [3.63, 3.8) is 0 Å². The molecule has 2 saturated heterocycles. The van der Waals surface area contributed by atoms with E-state index in [0.717, 1.165) is 11.1 Å². The SMILES string of the molecule is CC(=O)N(Cc1ccccc1)[C@H](CC(O)CO)[C@H](OCc1ccccc1)[C@H]1OC(C)(C)O[C@@H]1[C@H]1COC(C)(C)O1. The monoisotopic (exact) mass is 557 g/mol. The van der Waals surface area contributed by atoms with E-state index < -0.39 is 54.7 Å². The van der Waals surface area contributed by atoms with Gasteiger partial charge in [-0.15, -0.1) is 0 Å². The molecule has 0 aliphatic carbocycles. The smallest absolute Gasteiger partial charge is 0.220 e. The number of aliphatic hydroxyl groups excluding tert-OH is 2. The molecule has 0 bridgehead atoms. The lowest BCUT2D eigenvalue weighted by atomic mass is 9.92. The quantitative estimate of drug-likeness (QED) is 0.409. The van der Waals surface area contributed by atoms with Crippen molar-refractivity contribution in [3.8, 4) is 0 Å². The number of nitrogens with zero attached hydrogens (tertiary/aromatic N) is 1. The van der Waals surface area contributed by atoms with Crippen LogP contribution >= 0.6 is 0 Å². The topological polar surface area (TPSA) is 107 Å². The highest BCUT2D eigenvalue weighted by molar-refractivity contribution is 5.73. The van der Waals surface area contributed by atoms with E-state index in [1.165, 1.54) is 6.92 Å². The van der Waals surface area contributed by atoms with Gasteiger partial charge in [0.1, 0.15) is 24.4 Å². The van der Waals surface area contributed by atoms with Gasteiger partial charge in [0.05, 0.1) is 32.0 Å². The van der Waals surface area contributed by atoms with E-state index in [9.17, 15) is 15.0 Å². The zero-order chi connectivity index (χ0) is 28.9. The minimum atomic E-state index is -1.08. The summed E-state index contributed by atoms with van der Waals surface area (Å²) in [6.45, 7) is 9.26. The number of hydrogen-bond acceptors (Lipinski definition) is 8. The number of amides is 1. The lowest BCUT2D eigenvalue weighted by Crippen LogP contribution is -2.56. The molecule has 9 nitrogen and oxygen atoms in total. The van der Waals surface area contributed by atoms with Gasteiger partial charge in [-0.3, -0.25) is 4.79 Å². The molecule has 0 radical (unpaired) electrons. The molecule has 220 valence electrons. The Morgan fingerprint density at radius 1 is 0.975 bits per heavy atom. The fourth-order valence-electron chi connectivity index (χ4n) is 5.46. The first-order valence-corrected chi connectivity index (χ1v) is 13.9. The first-order valence-electron chi connectivity index (χ1n) is 13.9. The summed E-state index contributed by atoms with van der Waals surface area (Å²) in [4.78, 5) is 14.9. The highest BCUT2D eigenvalue weighted by atomic mass is 16.8. The van der Waals surface area contributed by atoms with Gasteiger partial charge in [-0.2, -0.15) is 0 Å². The van der Waals surface area contributed by atoms with Crippen molar-refractivity contribution in [3.05, 3.63) is 71.8 Å². The summed E-state index contributed by atoms with van der Waals surface area (Å²) in [5.41, 5.74) is 1.88. The largest absolute Gasteiger partial charge is 0.394 e. The molecule has 0 saturated carbocycles. The van der Waals surface area contributed by atoms with Crippen molar-refractivity contribution in [1.29, 1.82) is 0 Å². The second kappa shape index (κ2) is 13.1. The molecule has 2 aliphatic heterocycles. The van der Waals surface area contributed by atoms with E-state index in [2.05, 4.69) is 0 Å². The second-order valence-corrected chi connectivity index (χ2v) is 11.5. The molecule has 2 aliphatic rings. The molecular formula is C31H43NO8. The molecule has 9 heteroatoms. The van der Waals surface area contributed by atoms with Crippen LogP contribution in [0.2, 0.25) is 0 Å². The molecule has 1 unspecified atom stereocenters. The zero-order valence-corrected chi connectivity index (χ0v) is 24.1. The average molecular weight is 558 g/mol. The molecule has 2 heterocycles. The summed E-state index contributed by atoms with van der Waals surface area (Å²) in [6, 6.07) is 18.7. The minimum absolute atomic E-state index is 0.0723. The molecule has 2 fully saturated rings. The third-order valence-electron chi connectivity index (χ3n) is 7.27. The highest BCUT2D eigenvalue weighted by Gasteiger charge is 2.54. The first-order chi connectivity index (χ1) is 19.0. The maximum atomic E-state index is 13.2. The Labute approximate surface area is 236 Å². The molecule has 0 aromatic heterocycles. The fraction of sp³-hybridized carbons (Fsp3) is 0.581. The average Bonchev–Trinajstić information content (AvgIpc) is 3.45. The number of ether oxygens (including phenoxy) is 5. The maximum Gasteiger partial charge on any atom is 0.220 e. The standard InChI is InChI=1S/C31H43NO8/c1-21(34)32(17-22-12-8-6-9-13-22)25(16-24(35)18-33)27(36-19-23-14-10-7-11-15-23)29-28(39-31(4,5)40-29)26-20-37-30(2,3)38-26/h6-15,24-29,33,35H,16-20H2,1-5H3/t24?,25-,26-,27+,28-,29-/m1/s1. The molecule has 4 rings (SSSR count). The van der Waals surface area contributed by atoms with Crippen LogP contribution < -0.4 is 0 Å². The van der Waals surface area contributed by atoms with Crippen LogP contribution in [0.3, 0.4) is 0 Å². The third kappa shape index (κ3) is 7.88. The summed E-state index contributed by atoms with van der Waals surface area (Å²) in [7, 11) is 0. The molecule has 2 aromatic rings. The Hall–Kier alpha value is -2.37. The minimum Gasteiger partial charge on any atom is -0.394 e.